The summed E-state index contributed by atoms with van der Waals surface area (Å²) in [5.74, 6) is 0.658. The summed E-state index contributed by atoms with van der Waals surface area (Å²) in [5, 5.41) is 11.8. The molecule has 0 spiro atoms. The standard InChI is InChI=1S/C20H22N4O2S/c1-14-9-10-17(13-19(14)27(25,26)21-3)18-11-12-20(24-23-18)22-15(2)16-7-5-4-6-8-16/h4-13,15,21H,1-3H3,(H,22,24). The largest absolute Gasteiger partial charge is 0.362 e. The summed E-state index contributed by atoms with van der Waals surface area (Å²) in [7, 11) is -2.13. The van der Waals surface area contributed by atoms with E-state index >= 15 is 0 Å². The predicted octanol–water partition coefficient (Wildman–Crippen LogP) is 3.53. The van der Waals surface area contributed by atoms with Crippen molar-refractivity contribution < 1.29 is 8.42 Å². The molecule has 1 atom stereocenters. The Labute approximate surface area is 159 Å². The van der Waals surface area contributed by atoms with Gasteiger partial charge in [0.05, 0.1) is 10.6 Å². The van der Waals surface area contributed by atoms with Gasteiger partial charge in [-0.3, -0.25) is 0 Å². The quantitative estimate of drug-likeness (QED) is 0.681. The first-order valence-electron chi connectivity index (χ1n) is 8.60. The van der Waals surface area contributed by atoms with Crippen molar-refractivity contribution in [3.8, 4) is 11.3 Å². The Balaban J connectivity index is 1.83. The van der Waals surface area contributed by atoms with Crippen molar-refractivity contribution in [3.05, 3.63) is 71.8 Å². The van der Waals surface area contributed by atoms with Gasteiger partial charge >= 0.3 is 0 Å². The second kappa shape index (κ2) is 7.85. The number of aromatic nitrogens is 2. The van der Waals surface area contributed by atoms with E-state index in [2.05, 4.69) is 39.3 Å². The smallest absolute Gasteiger partial charge is 0.240 e. The summed E-state index contributed by atoms with van der Waals surface area (Å²) >= 11 is 0. The third kappa shape index (κ3) is 4.32. The normalized spacial score (nSPS) is 12.6. The molecular formula is C20H22N4O2S. The van der Waals surface area contributed by atoms with E-state index < -0.39 is 10.0 Å². The van der Waals surface area contributed by atoms with Gasteiger partial charge in [-0.05, 0) is 50.2 Å². The van der Waals surface area contributed by atoms with Crippen LogP contribution in [0.25, 0.3) is 11.3 Å². The number of nitrogens with one attached hydrogen (secondary N) is 2. The number of anilines is 1. The summed E-state index contributed by atoms with van der Waals surface area (Å²) < 4.78 is 26.7. The molecule has 3 aromatic rings. The zero-order chi connectivity index (χ0) is 19.4. The molecular weight excluding hydrogens is 360 g/mol. The lowest BCUT2D eigenvalue weighted by Crippen LogP contribution is -2.19. The molecule has 2 N–H and O–H groups in total. The highest BCUT2D eigenvalue weighted by Crippen LogP contribution is 2.24. The summed E-state index contributed by atoms with van der Waals surface area (Å²) in [6.45, 7) is 3.82. The first kappa shape index (κ1) is 19.0. The SMILES string of the molecule is CNS(=O)(=O)c1cc(-c2ccc(NC(C)c3ccccc3)nn2)ccc1C. The molecule has 0 aliphatic carbocycles. The van der Waals surface area contributed by atoms with Gasteiger partial charge in [-0.15, -0.1) is 10.2 Å². The number of hydrogen-bond acceptors (Lipinski definition) is 5. The fourth-order valence-corrected chi connectivity index (χ4v) is 3.76. The molecule has 3 rings (SSSR count). The van der Waals surface area contributed by atoms with Gasteiger partial charge < -0.3 is 5.32 Å². The summed E-state index contributed by atoms with van der Waals surface area (Å²) in [6, 6.07) is 19.1. The van der Waals surface area contributed by atoms with Crippen molar-refractivity contribution in [2.24, 2.45) is 0 Å². The van der Waals surface area contributed by atoms with Crippen molar-refractivity contribution in [3.63, 3.8) is 0 Å². The van der Waals surface area contributed by atoms with E-state index in [4.69, 9.17) is 0 Å². The molecule has 0 aliphatic rings. The molecule has 140 valence electrons. The molecule has 7 heteroatoms. The van der Waals surface area contributed by atoms with Gasteiger partial charge in [0.1, 0.15) is 5.82 Å². The summed E-state index contributed by atoms with van der Waals surface area (Å²) in [5.41, 5.74) is 3.14. The molecule has 6 nitrogen and oxygen atoms in total. The van der Waals surface area contributed by atoms with Crippen LogP contribution in [0.4, 0.5) is 5.82 Å². The van der Waals surface area contributed by atoms with Crippen LogP contribution >= 0.6 is 0 Å². The second-order valence-electron chi connectivity index (χ2n) is 6.27. The Bertz CT molecular complexity index is 1020. The average Bonchev–Trinajstić information content (AvgIpc) is 2.69. The molecule has 27 heavy (non-hydrogen) atoms. The first-order chi connectivity index (χ1) is 12.9. The Morgan fingerprint density at radius 1 is 0.963 bits per heavy atom. The van der Waals surface area contributed by atoms with Crippen molar-refractivity contribution in [1.29, 1.82) is 0 Å². The minimum Gasteiger partial charge on any atom is -0.362 e. The number of aryl methyl sites for hydroxylation is 1. The van der Waals surface area contributed by atoms with Crippen LogP contribution in [-0.2, 0) is 10.0 Å². The van der Waals surface area contributed by atoms with Gasteiger partial charge in [0.25, 0.3) is 0 Å². The van der Waals surface area contributed by atoms with E-state index in [1.165, 1.54) is 7.05 Å². The fourth-order valence-electron chi connectivity index (χ4n) is 2.77. The molecule has 0 saturated carbocycles. The Kier molecular flexibility index (Phi) is 5.53. The minimum atomic E-state index is -3.52. The van der Waals surface area contributed by atoms with Crippen LogP contribution in [0, 0.1) is 6.92 Å². The number of rotatable bonds is 6. The minimum absolute atomic E-state index is 0.0955. The van der Waals surface area contributed by atoms with E-state index in [0.29, 0.717) is 22.6 Å². The van der Waals surface area contributed by atoms with Crippen LogP contribution in [-0.4, -0.2) is 25.7 Å². The molecule has 0 bridgehead atoms. The Morgan fingerprint density at radius 3 is 2.33 bits per heavy atom. The van der Waals surface area contributed by atoms with Crippen LogP contribution in [0.15, 0.2) is 65.6 Å². The van der Waals surface area contributed by atoms with Crippen LogP contribution in [0.1, 0.15) is 24.1 Å². The maximum Gasteiger partial charge on any atom is 0.240 e. The van der Waals surface area contributed by atoms with Crippen LogP contribution in [0.2, 0.25) is 0 Å². The average molecular weight is 382 g/mol. The molecule has 0 radical (unpaired) electrons. The zero-order valence-electron chi connectivity index (χ0n) is 15.5. The third-order valence-electron chi connectivity index (χ3n) is 4.37. The van der Waals surface area contributed by atoms with Crippen LogP contribution in [0.5, 0.6) is 0 Å². The zero-order valence-corrected chi connectivity index (χ0v) is 16.3. The molecule has 1 heterocycles. The van der Waals surface area contributed by atoms with Gasteiger partial charge in [-0.2, -0.15) is 0 Å². The maximum absolute atomic E-state index is 12.2. The van der Waals surface area contributed by atoms with Crippen molar-refractivity contribution in [2.45, 2.75) is 24.8 Å². The van der Waals surface area contributed by atoms with Crippen molar-refractivity contribution in [1.82, 2.24) is 14.9 Å². The van der Waals surface area contributed by atoms with E-state index in [0.717, 1.165) is 5.56 Å². The predicted molar refractivity (Wildman–Crippen MR) is 107 cm³/mol. The lowest BCUT2D eigenvalue weighted by atomic mass is 10.1. The third-order valence-corrected chi connectivity index (χ3v) is 5.93. The molecule has 1 aromatic heterocycles. The lowest BCUT2D eigenvalue weighted by molar-refractivity contribution is 0.587. The molecule has 0 saturated heterocycles. The maximum atomic E-state index is 12.2. The Morgan fingerprint density at radius 2 is 1.70 bits per heavy atom. The summed E-state index contributed by atoms with van der Waals surface area (Å²) in [6.07, 6.45) is 0. The molecule has 0 fully saturated rings. The second-order valence-corrected chi connectivity index (χ2v) is 8.12. The topological polar surface area (TPSA) is 84.0 Å². The number of nitrogens with zero attached hydrogens (tertiary/aromatic N) is 2. The molecule has 1 unspecified atom stereocenters. The molecule has 0 aliphatic heterocycles. The van der Waals surface area contributed by atoms with Gasteiger partial charge in [0.2, 0.25) is 10.0 Å². The van der Waals surface area contributed by atoms with Gasteiger partial charge in [-0.25, -0.2) is 13.1 Å². The fraction of sp³-hybridized carbons (Fsp3) is 0.200. The highest BCUT2D eigenvalue weighted by Gasteiger charge is 2.16. The van der Waals surface area contributed by atoms with Gasteiger partial charge in [-0.1, -0.05) is 42.5 Å². The highest BCUT2D eigenvalue weighted by atomic mass is 32.2. The van der Waals surface area contributed by atoms with E-state index in [-0.39, 0.29) is 10.9 Å². The van der Waals surface area contributed by atoms with Crippen molar-refractivity contribution in [2.75, 3.05) is 12.4 Å². The highest BCUT2D eigenvalue weighted by molar-refractivity contribution is 7.89. The number of sulfonamides is 1. The Hall–Kier alpha value is -2.77. The summed E-state index contributed by atoms with van der Waals surface area (Å²) in [4.78, 5) is 0.240. The first-order valence-corrected chi connectivity index (χ1v) is 10.1. The van der Waals surface area contributed by atoms with Crippen molar-refractivity contribution >= 4 is 15.8 Å². The molecule has 0 amide bonds. The van der Waals surface area contributed by atoms with E-state index in [1.807, 2.05) is 36.4 Å². The van der Waals surface area contributed by atoms with Gasteiger partial charge in [0.15, 0.2) is 0 Å². The van der Waals surface area contributed by atoms with Crippen LogP contribution < -0.4 is 10.0 Å². The number of benzene rings is 2. The van der Waals surface area contributed by atoms with Crippen LogP contribution in [0.3, 0.4) is 0 Å². The number of hydrogen-bond donors (Lipinski definition) is 2. The van der Waals surface area contributed by atoms with E-state index in [9.17, 15) is 8.42 Å². The molecule has 2 aromatic carbocycles. The monoisotopic (exact) mass is 382 g/mol. The van der Waals surface area contributed by atoms with E-state index in [1.54, 1.807) is 19.1 Å². The van der Waals surface area contributed by atoms with Gasteiger partial charge in [0, 0.05) is 11.6 Å². The lowest BCUT2D eigenvalue weighted by Gasteiger charge is -2.14.